The minimum atomic E-state index is -0.0595. The van der Waals surface area contributed by atoms with Crippen LogP contribution in [0.4, 0.5) is 5.69 Å². The lowest BCUT2D eigenvalue weighted by molar-refractivity contribution is -0.119. The standard InChI is InChI=1S/C13H17BrCl2N2O/c1-8(2)5-6-17-11(19)7-18-10-4-3-9(14)12(15)13(10)16/h3-4,8,18H,5-7H2,1-2H3,(H,17,19). The third kappa shape index (κ3) is 5.59. The van der Waals surface area contributed by atoms with Crippen molar-refractivity contribution in [3.63, 3.8) is 0 Å². The second-order valence-electron chi connectivity index (χ2n) is 4.61. The van der Waals surface area contributed by atoms with E-state index in [0.29, 0.717) is 28.2 Å². The van der Waals surface area contributed by atoms with Gasteiger partial charge in [0.25, 0.3) is 0 Å². The third-order valence-electron chi connectivity index (χ3n) is 2.52. The number of amides is 1. The van der Waals surface area contributed by atoms with Crippen molar-refractivity contribution in [2.24, 2.45) is 5.92 Å². The van der Waals surface area contributed by atoms with Crippen LogP contribution in [0.2, 0.25) is 10.0 Å². The first-order chi connectivity index (χ1) is 8.91. The first kappa shape index (κ1) is 16.6. The van der Waals surface area contributed by atoms with Gasteiger partial charge in [-0.2, -0.15) is 0 Å². The molecular formula is C13H17BrCl2N2O. The fourth-order valence-corrected chi connectivity index (χ4v) is 2.24. The van der Waals surface area contributed by atoms with Crippen LogP contribution in [-0.4, -0.2) is 19.0 Å². The normalized spacial score (nSPS) is 10.6. The van der Waals surface area contributed by atoms with E-state index in [4.69, 9.17) is 23.2 Å². The first-order valence-electron chi connectivity index (χ1n) is 6.06. The van der Waals surface area contributed by atoms with Gasteiger partial charge in [-0.15, -0.1) is 0 Å². The number of benzene rings is 1. The van der Waals surface area contributed by atoms with Crippen molar-refractivity contribution in [3.8, 4) is 0 Å². The quantitative estimate of drug-likeness (QED) is 0.734. The van der Waals surface area contributed by atoms with Crippen LogP contribution < -0.4 is 10.6 Å². The van der Waals surface area contributed by atoms with Gasteiger partial charge < -0.3 is 10.6 Å². The molecule has 0 saturated heterocycles. The number of carbonyl (C=O) groups excluding carboxylic acids is 1. The van der Waals surface area contributed by atoms with Crippen LogP contribution in [0.1, 0.15) is 20.3 Å². The first-order valence-corrected chi connectivity index (χ1v) is 7.60. The molecule has 0 radical (unpaired) electrons. The number of halogens is 3. The Morgan fingerprint density at radius 1 is 1.32 bits per heavy atom. The number of hydrogen-bond donors (Lipinski definition) is 2. The summed E-state index contributed by atoms with van der Waals surface area (Å²) in [6, 6.07) is 3.56. The SMILES string of the molecule is CC(C)CCNC(=O)CNc1ccc(Br)c(Cl)c1Cl. The predicted octanol–water partition coefficient (Wildman–Crippen LogP) is 4.33. The van der Waals surface area contributed by atoms with Crippen molar-refractivity contribution in [1.82, 2.24) is 5.32 Å². The van der Waals surface area contributed by atoms with Crippen molar-refractivity contribution in [2.45, 2.75) is 20.3 Å². The zero-order valence-corrected chi connectivity index (χ0v) is 14.0. The maximum absolute atomic E-state index is 11.6. The molecule has 0 spiro atoms. The summed E-state index contributed by atoms with van der Waals surface area (Å²) in [4.78, 5) is 11.6. The average molecular weight is 368 g/mol. The summed E-state index contributed by atoms with van der Waals surface area (Å²) in [5.74, 6) is 0.517. The van der Waals surface area contributed by atoms with E-state index in [1.165, 1.54) is 0 Å². The monoisotopic (exact) mass is 366 g/mol. The lowest BCUT2D eigenvalue weighted by atomic mass is 10.1. The van der Waals surface area contributed by atoms with Crippen LogP contribution >= 0.6 is 39.1 Å². The van der Waals surface area contributed by atoms with E-state index in [0.717, 1.165) is 10.9 Å². The summed E-state index contributed by atoms with van der Waals surface area (Å²) < 4.78 is 0.728. The molecule has 0 aliphatic heterocycles. The van der Waals surface area contributed by atoms with Gasteiger partial charge in [-0.3, -0.25) is 4.79 Å². The van der Waals surface area contributed by atoms with Gasteiger partial charge in [-0.05, 0) is 40.4 Å². The Balaban J connectivity index is 2.44. The van der Waals surface area contributed by atoms with Crippen molar-refractivity contribution >= 4 is 50.7 Å². The van der Waals surface area contributed by atoms with E-state index in [1.54, 1.807) is 12.1 Å². The molecule has 0 bridgehead atoms. The van der Waals surface area contributed by atoms with E-state index in [1.807, 2.05) is 0 Å². The lowest BCUT2D eigenvalue weighted by Gasteiger charge is -2.11. The third-order valence-corrected chi connectivity index (χ3v) is 4.29. The molecule has 0 fully saturated rings. The molecule has 106 valence electrons. The molecule has 0 aliphatic carbocycles. The van der Waals surface area contributed by atoms with E-state index in [9.17, 15) is 4.79 Å². The highest BCUT2D eigenvalue weighted by Gasteiger charge is 2.09. The zero-order chi connectivity index (χ0) is 14.4. The second-order valence-corrected chi connectivity index (χ2v) is 6.22. The molecule has 0 aliphatic rings. The highest BCUT2D eigenvalue weighted by Crippen LogP contribution is 2.35. The molecule has 0 heterocycles. The highest BCUT2D eigenvalue weighted by molar-refractivity contribution is 9.10. The molecule has 1 amide bonds. The smallest absolute Gasteiger partial charge is 0.239 e. The van der Waals surface area contributed by atoms with Gasteiger partial charge in [0.15, 0.2) is 0 Å². The molecule has 19 heavy (non-hydrogen) atoms. The van der Waals surface area contributed by atoms with Crippen LogP contribution in [0.15, 0.2) is 16.6 Å². The fourth-order valence-electron chi connectivity index (χ4n) is 1.40. The highest BCUT2D eigenvalue weighted by atomic mass is 79.9. The topological polar surface area (TPSA) is 41.1 Å². The minimum Gasteiger partial charge on any atom is -0.375 e. The molecule has 1 aromatic rings. The zero-order valence-electron chi connectivity index (χ0n) is 10.9. The van der Waals surface area contributed by atoms with Gasteiger partial charge in [0.1, 0.15) is 0 Å². The molecular weight excluding hydrogens is 351 g/mol. The van der Waals surface area contributed by atoms with Crippen molar-refractivity contribution in [3.05, 3.63) is 26.7 Å². The van der Waals surface area contributed by atoms with Gasteiger partial charge in [0, 0.05) is 11.0 Å². The van der Waals surface area contributed by atoms with Crippen molar-refractivity contribution < 1.29 is 4.79 Å². The molecule has 1 rings (SSSR count). The largest absolute Gasteiger partial charge is 0.375 e. The van der Waals surface area contributed by atoms with Crippen LogP contribution in [0.5, 0.6) is 0 Å². The molecule has 6 heteroatoms. The van der Waals surface area contributed by atoms with Gasteiger partial charge in [0.2, 0.25) is 5.91 Å². The van der Waals surface area contributed by atoms with Gasteiger partial charge in [0.05, 0.1) is 22.3 Å². The number of nitrogens with one attached hydrogen (secondary N) is 2. The van der Waals surface area contributed by atoms with Crippen LogP contribution in [-0.2, 0) is 4.79 Å². The van der Waals surface area contributed by atoms with Crippen LogP contribution in [0, 0.1) is 5.92 Å². The Bertz CT molecular complexity index is 453. The van der Waals surface area contributed by atoms with Crippen LogP contribution in [0.25, 0.3) is 0 Å². The van der Waals surface area contributed by atoms with E-state index in [2.05, 4.69) is 40.4 Å². The Morgan fingerprint density at radius 2 is 2.00 bits per heavy atom. The summed E-state index contributed by atoms with van der Waals surface area (Å²) in [6.07, 6.45) is 0.969. The van der Waals surface area contributed by atoms with E-state index >= 15 is 0 Å². The van der Waals surface area contributed by atoms with Gasteiger partial charge >= 0.3 is 0 Å². The summed E-state index contributed by atoms with van der Waals surface area (Å²) in [7, 11) is 0. The predicted molar refractivity (Wildman–Crippen MR) is 85.1 cm³/mol. The summed E-state index contributed by atoms with van der Waals surface area (Å²) in [5.41, 5.74) is 0.647. The Labute approximate surface area is 132 Å². The number of carbonyl (C=O) groups is 1. The molecule has 3 nitrogen and oxygen atoms in total. The van der Waals surface area contributed by atoms with Crippen LogP contribution in [0.3, 0.4) is 0 Å². The maximum atomic E-state index is 11.6. The van der Waals surface area contributed by atoms with Crippen molar-refractivity contribution in [1.29, 1.82) is 0 Å². The molecule has 0 unspecified atom stereocenters. The Morgan fingerprint density at radius 3 is 2.63 bits per heavy atom. The average Bonchev–Trinajstić information content (AvgIpc) is 2.35. The molecule has 0 saturated carbocycles. The van der Waals surface area contributed by atoms with E-state index in [-0.39, 0.29) is 12.5 Å². The molecule has 1 aromatic carbocycles. The summed E-state index contributed by atoms with van der Waals surface area (Å²) >= 11 is 15.4. The Hall–Kier alpha value is -0.450. The molecule has 2 N–H and O–H groups in total. The summed E-state index contributed by atoms with van der Waals surface area (Å²) in [5, 5.41) is 6.66. The molecule has 0 aromatic heterocycles. The Kier molecular flexibility index (Phi) is 6.97. The summed E-state index contributed by atoms with van der Waals surface area (Å²) in [6.45, 7) is 5.10. The molecule has 0 atom stereocenters. The van der Waals surface area contributed by atoms with Crippen molar-refractivity contribution in [2.75, 3.05) is 18.4 Å². The second kappa shape index (κ2) is 7.98. The maximum Gasteiger partial charge on any atom is 0.239 e. The van der Waals surface area contributed by atoms with E-state index < -0.39 is 0 Å². The lowest BCUT2D eigenvalue weighted by Crippen LogP contribution is -2.31. The van der Waals surface area contributed by atoms with Gasteiger partial charge in [-0.25, -0.2) is 0 Å². The van der Waals surface area contributed by atoms with Gasteiger partial charge in [-0.1, -0.05) is 37.0 Å². The number of hydrogen-bond acceptors (Lipinski definition) is 2. The number of anilines is 1. The fraction of sp³-hybridized carbons (Fsp3) is 0.462. The number of rotatable bonds is 6. The minimum absolute atomic E-state index is 0.0595.